The molecule has 1 atom stereocenters. The molecule has 5 rings (SSSR count). The Morgan fingerprint density at radius 3 is 2.56 bits per heavy atom. The van der Waals surface area contributed by atoms with Gasteiger partial charge in [0.15, 0.2) is 0 Å². The molecule has 2 aromatic carbocycles. The predicted molar refractivity (Wildman–Crippen MR) is 127 cm³/mol. The number of halogens is 3. The first kappa shape index (κ1) is 23.9. The molecule has 1 fully saturated rings. The van der Waals surface area contributed by atoms with Crippen molar-refractivity contribution in [3.05, 3.63) is 71.3 Å². The van der Waals surface area contributed by atoms with Crippen LogP contribution in [0.2, 0.25) is 0 Å². The average molecular weight is 502 g/mol. The Morgan fingerprint density at radius 1 is 1.08 bits per heavy atom. The molecule has 1 aromatic heterocycles. The van der Waals surface area contributed by atoms with E-state index in [1.54, 1.807) is 0 Å². The Labute approximate surface area is 206 Å². The highest BCUT2D eigenvalue weighted by molar-refractivity contribution is 5.94. The number of likely N-dealkylation sites (N-methyl/N-ethyl adjacent to an activating group) is 1. The minimum Gasteiger partial charge on any atom is -0.443 e. The van der Waals surface area contributed by atoms with E-state index in [-0.39, 0.29) is 11.6 Å². The molecule has 0 radical (unpaired) electrons. The number of alkyl halides is 3. The maximum Gasteiger partial charge on any atom is 0.573 e. The van der Waals surface area contributed by atoms with Gasteiger partial charge in [0.05, 0.1) is 6.54 Å². The number of piperazine rings is 1. The molecular weight excluding hydrogens is 475 g/mol. The Hall–Kier alpha value is -3.80. The monoisotopic (exact) mass is 501 g/mol. The van der Waals surface area contributed by atoms with Gasteiger partial charge >= 0.3 is 6.36 Å². The van der Waals surface area contributed by atoms with E-state index in [4.69, 9.17) is 4.74 Å². The molecule has 1 unspecified atom stereocenters. The highest BCUT2D eigenvalue weighted by atomic mass is 19.4. The van der Waals surface area contributed by atoms with Crippen molar-refractivity contribution in [2.45, 2.75) is 26.1 Å². The van der Waals surface area contributed by atoms with Crippen LogP contribution in [0.3, 0.4) is 0 Å². The van der Waals surface area contributed by atoms with E-state index in [2.05, 4.69) is 66.5 Å². The second-order valence-electron chi connectivity index (χ2n) is 8.75. The van der Waals surface area contributed by atoms with Crippen LogP contribution in [-0.4, -0.2) is 65.2 Å². The van der Waals surface area contributed by atoms with Crippen LogP contribution in [0.4, 0.5) is 18.9 Å². The van der Waals surface area contributed by atoms with Gasteiger partial charge in [-0.15, -0.1) is 23.4 Å². The van der Waals surface area contributed by atoms with Gasteiger partial charge in [-0.25, -0.2) is 9.67 Å². The number of anilines is 1. The summed E-state index contributed by atoms with van der Waals surface area (Å²) in [6.45, 7) is 6.51. The molecule has 2 aliphatic rings. The smallest absolute Gasteiger partial charge is 0.443 e. The van der Waals surface area contributed by atoms with Gasteiger partial charge in [-0.2, -0.15) is 0 Å². The number of hydrazone groups is 1. The molecule has 1 saturated heterocycles. The molecule has 0 bridgehead atoms. The van der Waals surface area contributed by atoms with Gasteiger partial charge in [0.1, 0.15) is 11.6 Å². The predicted octanol–water partition coefficient (Wildman–Crippen LogP) is 3.27. The van der Waals surface area contributed by atoms with Crippen LogP contribution >= 0.6 is 0 Å². The van der Waals surface area contributed by atoms with Crippen molar-refractivity contribution in [2.75, 3.05) is 38.1 Å². The third kappa shape index (κ3) is 5.54. The lowest BCUT2D eigenvalue weighted by Crippen LogP contribution is -2.44. The number of hydrogen-bond donors (Lipinski definition) is 1. The van der Waals surface area contributed by atoms with Gasteiger partial charge in [0.25, 0.3) is 0 Å². The van der Waals surface area contributed by atoms with Crippen LogP contribution in [0.15, 0.2) is 53.6 Å². The topological polar surface area (TPSA) is 80.0 Å². The summed E-state index contributed by atoms with van der Waals surface area (Å²) >= 11 is 0. The molecule has 190 valence electrons. The van der Waals surface area contributed by atoms with Crippen molar-refractivity contribution in [1.82, 2.24) is 25.1 Å². The largest absolute Gasteiger partial charge is 0.573 e. The van der Waals surface area contributed by atoms with E-state index in [9.17, 15) is 13.2 Å². The van der Waals surface area contributed by atoms with Crippen LogP contribution in [0.25, 0.3) is 0 Å². The fourth-order valence-corrected chi connectivity index (χ4v) is 4.12. The van der Waals surface area contributed by atoms with Gasteiger partial charge in [-0.1, -0.05) is 12.1 Å². The van der Waals surface area contributed by atoms with Crippen LogP contribution in [0.5, 0.6) is 5.75 Å². The first-order chi connectivity index (χ1) is 17.2. The molecular formula is C24H26F3N7O2. The fraction of sp³-hybridized carbons (Fsp3) is 0.375. The summed E-state index contributed by atoms with van der Waals surface area (Å²) in [5.41, 5.74) is 5.65. The van der Waals surface area contributed by atoms with E-state index in [1.165, 1.54) is 30.0 Å². The molecule has 9 nitrogen and oxygen atoms in total. The number of benzene rings is 2. The summed E-state index contributed by atoms with van der Waals surface area (Å²) in [6.07, 6.45) is -5.45. The van der Waals surface area contributed by atoms with Gasteiger partial charge in [-0.05, 0) is 55.9 Å². The third-order valence-corrected chi connectivity index (χ3v) is 6.07. The van der Waals surface area contributed by atoms with Crippen molar-refractivity contribution >= 4 is 11.6 Å². The third-order valence-electron chi connectivity index (χ3n) is 6.07. The van der Waals surface area contributed by atoms with Crippen molar-refractivity contribution in [1.29, 1.82) is 0 Å². The van der Waals surface area contributed by atoms with Crippen molar-refractivity contribution in [2.24, 2.45) is 5.10 Å². The molecule has 3 heterocycles. The highest BCUT2D eigenvalue weighted by Gasteiger charge is 2.31. The highest BCUT2D eigenvalue weighted by Crippen LogP contribution is 2.25. The van der Waals surface area contributed by atoms with E-state index < -0.39 is 12.6 Å². The molecule has 3 aromatic rings. The van der Waals surface area contributed by atoms with E-state index >= 15 is 0 Å². The van der Waals surface area contributed by atoms with E-state index in [0.717, 1.165) is 37.6 Å². The van der Waals surface area contributed by atoms with E-state index in [1.807, 2.05) is 11.6 Å². The van der Waals surface area contributed by atoms with Gasteiger partial charge in [0, 0.05) is 37.4 Å². The summed E-state index contributed by atoms with van der Waals surface area (Å²) in [7, 11) is 2.14. The standard InChI is InChI=1S/C24H26F3N7O2/c1-16-28-21(23-30-29-22(35-23)18-6-8-20(9-7-18)36-24(25,26)27)31-34(16)15-17-4-3-5-19(14-17)33-12-10-32(2)11-13-33/h3-9,14,23,30H,10-13,15H2,1-2H3. The average Bonchev–Trinajstić information content (AvgIpc) is 3.47. The molecule has 12 heteroatoms. The second kappa shape index (κ2) is 9.69. The molecule has 0 spiro atoms. The zero-order chi connectivity index (χ0) is 25.3. The summed E-state index contributed by atoms with van der Waals surface area (Å²) in [6, 6.07) is 13.7. The maximum atomic E-state index is 12.4. The fourth-order valence-electron chi connectivity index (χ4n) is 4.12. The lowest BCUT2D eigenvalue weighted by molar-refractivity contribution is -0.274. The Kier molecular flexibility index (Phi) is 6.44. The number of aryl methyl sites for hydroxylation is 1. The number of ether oxygens (including phenoxy) is 2. The van der Waals surface area contributed by atoms with Crippen molar-refractivity contribution in [3.8, 4) is 5.75 Å². The number of nitrogens with one attached hydrogen (secondary N) is 1. The molecule has 1 N–H and O–H groups in total. The summed E-state index contributed by atoms with van der Waals surface area (Å²) < 4.78 is 48.6. The Bertz CT molecular complexity index is 1240. The number of aromatic nitrogens is 3. The molecule has 2 aliphatic heterocycles. The lowest BCUT2D eigenvalue weighted by Gasteiger charge is -2.34. The first-order valence-electron chi connectivity index (χ1n) is 11.5. The van der Waals surface area contributed by atoms with Crippen LogP contribution in [0, 0.1) is 6.92 Å². The van der Waals surface area contributed by atoms with Crippen LogP contribution in [0.1, 0.15) is 29.0 Å². The van der Waals surface area contributed by atoms with Crippen LogP contribution in [-0.2, 0) is 11.3 Å². The van der Waals surface area contributed by atoms with E-state index in [0.29, 0.717) is 17.9 Å². The van der Waals surface area contributed by atoms with Crippen molar-refractivity contribution in [3.63, 3.8) is 0 Å². The minimum absolute atomic E-state index is 0.229. The summed E-state index contributed by atoms with van der Waals surface area (Å²) in [4.78, 5) is 9.24. The lowest BCUT2D eigenvalue weighted by atomic mass is 10.1. The Morgan fingerprint density at radius 2 is 1.83 bits per heavy atom. The van der Waals surface area contributed by atoms with Gasteiger partial charge in [0.2, 0.25) is 18.0 Å². The summed E-state index contributed by atoms with van der Waals surface area (Å²) in [5.74, 6) is 1.05. The minimum atomic E-state index is -4.75. The Balaban J connectivity index is 1.23. The molecule has 0 amide bonds. The first-order valence-corrected chi connectivity index (χ1v) is 11.5. The zero-order valence-corrected chi connectivity index (χ0v) is 19.9. The second-order valence-corrected chi connectivity index (χ2v) is 8.75. The SMILES string of the molecule is Cc1nc(C2NN=C(c3ccc(OC(F)(F)F)cc3)O2)nn1Cc1cccc(N2CCN(C)CC2)c1. The van der Waals surface area contributed by atoms with Crippen LogP contribution < -0.4 is 15.1 Å². The molecule has 0 aliphatic carbocycles. The number of hydrogen-bond acceptors (Lipinski definition) is 8. The van der Waals surface area contributed by atoms with Crippen molar-refractivity contribution < 1.29 is 22.6 Å². The molecule has 36 heavy (non-hydrogen) atoms. The number of nitrogens with zero attached hydrogens (tertiary/aromatic N) is 6. The van der Waals surface area contributed by atoms with Gasteiger partial charge in [-0.3, -0.25) is 5.43 Å². The summed E-state index contributed by atoms with van der Waals surface area (Å²) in [5, 5.41) is 8.74. The van der Waals surface area contributed by atoms with Gasteiger partial charge < -0.3 is 19.3 Å². The quantitative estimate of drug-likeness (QED) is 0.556. The molecule has 0 saturated carbocycles. The normalized spacial score (nSPS) is 18.5. The maximum absolute atomic E-state index is 12.4. The number of rotatable bonds is 6. The zero-order valence-electron chi connectivity index (χ0n) is 19.9.